The van der Waals surface area contributed by atoms with Gasteiger partial charge < -0.3 is 5.11 Å². The first kappa shape index (κ1) is 21.8. The van der Waals surface area contributed by atoms with E-state index in [4.69, 9.17) is 0 Å². The molecule has 1 aromatic rings. The van der Waals surface area contributed by atoms with Gasteiger partial charge in [0.25, 0.3) is 0 Å². The van der Waals surface area contributed by atoms with Crippen LogP contribution >= 0.6 is 0 Å². The van der Waals surface area contributed by atoms with Gasteiger partial charge in [-0.05, 0) is 77.9 Å². The first-order valence-electron chi connectivity index (χ1n) is 11.5. The van der Waals surface area contributed by atoms with Crippen molar-refractivity contribution in [1.29, 1.82) is 5.26 Å². The minimum absolute atomic E-state index is 0.0157. The van der Waals surface area contributed by atoms with E-state index in [0.717, 1.165) is 44.7 Å². The molecule has 1 saturated heterocycles. The number of hydrogen-bond acceptors (Lipinski definition) is 5. The molecule has 1 aromatic carbocycles. The van der Waals surface area contributed by atoms with Crippen molar-refractivity contribution in [3.8, 4) is 6.07 Å². The molecule has 164 valence electrons. The summed E-state index contributed by atoms with van der Waals surface area (Å²) in [5, 5.41) is 20.8. The quantitative estimate of drug-likeness (QED) is 0.776. The summed E-state index contributed by atoms with van der Waals surface area (Å²) in [7, 11) is 4.41. The molecule has 3 aliphatic rings. The van der Waals surface area contributed by atoms with Crippen LogP contribution in [0.4, 0.5) is 0 Å². The topological polar surface area (TPSA) is 53.7 Å². The molecule has 3 fully saturated rings. The van der Waals surface area contributed by atoms with E-state index in [-0.39, 0.29) is 11.1 Å². The second-order valence-corrected chi connectivity index (χ2v) is 10.9. The molecule has 30 heavy (non-hydrogen) atoms. The van der Waals surface area contributed by atoms with Crippen molar-refractivity contribution >= 4 is 0 Å². The molecule has 5 nitrogen and oxygen atoms in total. The fourth-order valence-corrected chi connectivity index (χ4v) is 5.86. The zero-order chi connectivity index (χ0) is 21.6. The molecule has 0 amide bonds. The van der Waals surface area contributed by atoms with Gasteiger partial charge in [-0.1, -0.05) is 30.3 Å². The van der Waals surface area contributed by atoms with E-state index in [1.807, 2.05) is 13.8 Å². The zero-order valence-corrected chi connectivity index (χ0v) is 19.1. The number of hydrogen-bond donors (Lipinski definition) is 1. The van der Waals surface area contributed by atoms with Crippen LogP contribution in [0.15, 0.2) is 30.3 Å². The Kier molecular flexibility index (Phi) is 5.74. The van der Waals surface area contributed by atoms with E-state index >= 15 is 0 Å². The fourth-order valence-electron chi connectivity index (χ4n) is 5.86. The largest absolute Gasteiger partial charge is 0.365 e. The van der Waals surface area contributed by atoms with Gasteiger partial charge in [-0.2, -0.15) is 5.26 Å². The highest BCUT2D eigenvalue weighted by molar-refractivity contribution is 5.26. The molecule has 1 spiro atoms. The van der Waals surface area contributed by atoms with Crippen molar-refractivity contribution in [1.82, 2.24) is 14.7 Å². The molecule has 0 radical (unpaired) electrons. The van der Waals surface area contributed by atoms with Gasteiger partial charge in [0.1, 0.15) is 0 Å². The Labute approximate surface area is 182 Å². The Balaban J connectivity index is 1.58. The number of aliphatic hydroxyl groups excluding tert-OH is 1. The van der Waals surface area contributed by atoms with E-state index in [1.54, 1.807) is 0 Å². The van der Waals surface area contributed by atoms with Gasteiger partial charge in [-0.25, -0.2) is 0 Å². The highest BCUT2D eigenvalue weighted by Gasteiger charge is 2.55. The summed E-state index contributed by atoms with van der Waals surface area (Å²) in [6.07, 6.45) is 6.34. The molecule has 0 aromatic heterocycles. The maximum absolute atomic E-state index is 11.3. The second-order valence-electron chi connectivity index (χ2n) is 10.9. The van der Waals surface area contributed by atoms with Crippen LogP contribution in [-0.4, -0.2) is 65.4 Å². The molecule has 0 bridgehead atoms. The molecule has 5 heteroatoms. The van der Waals surface area contributed by atoms with Gasteiger partial charge >= 0.3 is 0 Å². The number of benzene rings is 1. The lowest BCUT2D eigenvalue weighted by molar-refractivity contribution is -0.0974. The van der Waals surface area contributed by atoms with Crippen LogP contribution in [0.5, 0.6) is 0 Å². The first-order valence-corrected chi connectivity index (χ1v) is 11.5. The lowest BCUT2D eigenvalue weighted by atomic mass is 9.68. The van der Waals surface area contributed by atoms with Crippen LogP contribution in [0, 0.1) is 22.7 Å². The average molecular weight is 411 g/mol. The minimum Gasteiger partial charge on any atom is -0.365 e. The predicted octanol–water partition coefficient (Wildman–Crippen LogP) is 3.61. The lowest BCUT2D eigenvalue weighted by Gasteiger charge is -2.51. The first-order chi connectivity index (χ1) is 14.2. The molecule has 1 aliphatic heterocycles. The molecule has 2 saturated carbocycles. The Morgan fingerprint density at radius 2 is 1.77 bits per heavy atom. The molecule has 1 heterocycles. The van der Waals surface area contributed by atoms with Gasteiger partial charge in [-0.3, -0.25) is 14.7 Å². The summed E-state index contributed by atoms with van der Waals surface area (Å²) in [6.45, 7) is 6.42. The minimum atomic E-state index is -0.568. The Bertz CT molecular complexity index is 772. The van der Waals surface area contributed by atoms with E-state index in [9.17, 15) is 10.4 Å². The van der Waals surface area contributed by atoms with Crippen molar-refractivity contribution in [3.63, 3.8) is 0 Å². The summed E-state index contributed by atoms with van der Waals surface area (Å²) in [5.74, 6) is 0.732. The third-order valence-corrected chi connectivity index (χ3v) is 7.94. The summed E-state index contributed by atoms with van der Waals surface area (Å²) < 4.78 is 0. The SMILES string of the molecule is CN(C)C1(c2ccccc2)CCC2(CC1)CN(CC(C)(C)C#N)C(O)N2CC1CC1. The van der Waals surface area contributed by atoms with Gasteiger partial charge in [0.05, 0.1) is 11.5 Å². The normalized spacial score (nSPS) is 33.3. The Morgan fingerprint density at radius 1 is 1.13 bits per heavy atom. The smallest absolute Gasteiger partial charge is 0.166 e. The van der Waals surface area contributed by atoms with E-state index in [1.165, 1.54) is 18.4 Å². The molecule has 2 aliphatic carbocycles. The van der Waals surface area contributed by atoms with Crippen molar-refractivity contribution in [3.05, 3.63) is 35.9 Å². The number of rotatable bonds is 6. The van der Waals surface area contributed by atoms with Crippen molar-refractivity contribution < 1.29 is 5.11 Å². The maximum Gasteiger partial charge on any atom is 0.166 e. The number of nitriles is 1. The number of aliphatic hydroxyl groups is 1. The van der Waals surface area contributed by atoms with Crippen molar-refractivity contribution in [2.24, 2.45) is 11.3 Å². The highest BCUT2D eigenvalue weighted by atomic mass is 16.3. The van der Waals surface area contributed by atoms with E-state index in [0.29, 0.717) is 6.54 Å². The summed E-state index contributed by atoms with van der Waals surface area (Å²) in [6, 6.07) is 13.3. The summed E-state index contributed by atoms with van der Waals surface area (Å²) in [5.41, 5.74) is 1.02. The average Bonchev–Trinajstić information content (AvgIpc) is 3.52. The zero-order valence-electron chi connectivity index (χ0n) is 19.1. The van der Waals surface area contributed by atoms with Crippen LogP contribution in [0.3, 0.4) is 0 Å². The third kappa shape index (κ3) is 3.91. The Hall–Kier alpha value is -1.45. The van der Waals surface area contributed by atoms with Crippen molar-refractivity contribution in [2.45, 2.75) is 69.8 Å². The summed E-state index contributed by atoms with van der Waals surface area (Å²) in [4.78, 5) is 6.97. The van der Waals surface area contributed by atoms with Crippen molar-refractivity contribution in [2.75, 3.05) is 33.7 Å². The van der Waals surface area contributed by atoms with Crippen LogP contribution < -0.4 is 0 Å². The van der Waals surface area contributed by atoms with Crippen LogP contribution in [-0.2, 0) is 5.54 Å². The number of nitrogens with zero attached hydrogens (tertiary/aromatic N) is 4. The lowest BCUT2D eigenvalue weighted by Crippen LogP contribution is -2.56. The molecule has 1 N–H and O–H groups in total. The summed E-state index contributed by atoms with van der Waals surface area (Å²) >= 11 is 0. The highest BCUT2D eigenvalue weighted by Crippen LogP contribution is 2.50. The van der Waals surface area contributed by atoms with E-state index < -0.39 is 11.8 Å². The van der Waals surface area contributed by atoms with Crippen LogP contribution in [0.2, 0.25) is 0 Å². The molecular weight excluding hydrogens is 372 g/mol. The molecule has 4 rings (SSSR count). The second kappa shape index (κ2) is 7.91. The predicted molar refractivity (Wildman–Crippen MR) is 119 cm³/mol. The van der Waals surface area contributed by atoms with Gasteiger partial charge in [0.2, 0.25) is 0 Å². The van der Waals surface area contributed by atoms with E-state index in [2.05, 4.69) is 65.2 Å². The Morgan fingerprint density at radius 3 is 2.30 bits per heavy atom. The van der Waals surface area contributed by atoms with Gasteiger partial charge in [0.15, 0.2) is 6.35 Å². The molecular formula is C25H38N4O. The van der Waals surface area contributed by atoms with Crippen LogP contribution in [0.1, 0.15) is 57.9 Å². The molecule has 1 unspecified atom stereocenters. The fraction of sp³-hybridized carbons (Fsp3) is 0.720. The monoisotopic (exact) mass is 410 g/mol. The van der Waals surface area contributed by atoms with Gasteiger partial charge in [-0.15, -0.1) is 0 Å². The third-order valence-electron chi connectivity index (χ3n) is 7.94. The maximum atomic E-state index is 11.3. The van der Waals surface area contributed by atoms with Gasteiger partial charge in [0, 0.05) is 30.7 Å². The molecule has 1 atom stereocenters. The standard InChI is InChI=1S/C25H38N4O/c1-23(2,17-26)18-28-19-24(29(22(28)30)16-20-10-11-20)12-14-25(15-13-24,27(3)4)21-8-6-5-7-9-21/h5-9,20,22,30H,10-16,18-19H2,1-4H3. The van der Waals surface area contributed by atoms with Crippen LogP contribution in [0.25, 0.3) is 0 Å².